The molecule has 1 atom stereocenters. The van der Waals surface area contributed by atoms with E-state index >= 15 is 0 Å². The fourth-order valence-electron chi connectivity index (χ4n) is 1.54. The maximum atomic E-state index is 13.5. The summed E-state index contributed by atoms with van der Waals surface area (Å²) in [5.41, 5.74) is 7.13. The molecule has 5 heteroatoms. The van der Waals surface area contributed by atoms with Crippen molar-refractivity contribution in [3.8, 4) is 0 Å². The first-order valence-electron chi connectivity index (χ1n) is 5.90. The van der Waals surface area contributed by atoms with Gasteiger partial charge in [0, 0.05) is 17.5 Å². The number of hydrogen-bond acceptors (Lipinski definition) is 3. The molecule has 1 aromatic rings. The van der Waals surface area contributed by atoms with Crippen molar-refractivity contribution in [3.05, 3.63) is 29.1 Å². The second kappa shape index (κ2) is 6.75. The number of nitrogens with two attached hydrogens (primary N) is 1. The van der Waals surface area contributed by atoms with Crippen LogP contribution >= 0.6 is 11.8 Å². The highest BCUT2D eigenvalue weighted by atomic mass is 32.2. The van der Waals surface area contributed by atoms with E-state index < -0.39 is 0 Å². The zero-order valence-corrected chi connectivity index (χ0v) is 11.7. The summed E-state index contributed by atoms with van der Waals surface area (Å²) in [6.07, 6.45) is 0. The standard InChI is InChI=1S/C13H19FN2OS/c1-4-16-13(17)7-18-12-5-8(2)11(14)6-10(12)9(3)15/h5-6,9H,4,7,15H2,1-3H3,(H,16,17)/t9-/m0/s1. The topological polar surface area (TPSA) is 55.1 Å². The van der Waals surface area contributed by atoms with Crippen molar-refractivity contribution >= 4 is 17.7 Å². The van der Waals surface area contributed by atoms with Crippen molar-refractivity contribution in [2.75, 3.05) is 12.3 Å². The SMILES string of the molecule is CCNC(=O)CSc1cc(C)c(F)cc1[C@H](C)N. The molecule has 18 heavy (non-hydrogen) atoms. The van der Waals surface area contributed by atoms with E-state index in [1.165, 1.54) is 17.8 Å². The van der Waals surface area contributed by atoms with Crippen LogP contribution in [0.5, 0.6) is 0 Å². The fourth-order valence-corrected chi connectivity index (χ4v) is 2.60. The van der Waals surface area contributed by atoms with Crippen LogP contribution in [0.4, 0.5) is 4.39 Å². The van der Waals surface area contributed by atoms with Crippen LogP contribution in [0.2, 0.25) is 0 Å². The molecule has 0 aliphatic heterocycles. The van der Waals surface area contributed by atoms with Crippen LogP contribution in [0.25, 0.3) is 0 Å². The van der Waals surface area contributed by atoms with Crippen LogP contribution in [0.15, 0.2) is 17.0 Å². The highest BCUT2D eigenvalue weighted by molar-refractivity contribution is 8.00. The minimum Gasteiger partial charge on any atom is -0.356 e. The molecule has 100 valence electrons. The first-order valence-corrected chi connectivity index (χ1v) is 6.89. The predicted molar refractivity (Wildman–Crippen MR) is 73.1 cm³/mol. The molecule has 0 aromatic heterocycles. The van der Waals surface area contributed by atoms with Gasteiger partial charge in [-0.1, -0.05) is 0 Å². The lowest BCUT2D eigenvalue weighted by molar-refractivity contribution is -0.118. The minimum absolute atomic E-state index is 0.0277. The second-order valence-corrected chi connectivity index (χ2v) is 5.19. The zero-order chi connectivity index (χ0) is 13.7. The molecule has 1 amide bonds. The van der Waals surface area contributed by atoms with Crippen molar-refractivity contribution in [1.82, 2.24) is 5.32 Å². The molecule has 3 N–H and O–H groups in total. The van der Waals surface area contributed by atoms with E-state index in [0.717, 1.165) is 10.5 Å². The van der Waals surface area contributed by atoms with Gasteiger partial charge in [0.15, 0.2) is 0 Å². The van der Waals surface area contributed by atoms with E-state index in [-0.39, 0.29) is 17.8 Å². The van der Waals surface area contributed by atoms with Gasteiger partial charge in [0.1, 0.15) is 5.82 Å². The molecule has 0 radical (unpaired) electrons. The highest BCUT2D eigenvalue weighted by Gasteiger charge is 2.12. The Labute approximate surface area is 111 Å². The number of benzene rings is 1. The third kappa shape index (κ3) is 3.99. The van der Waals surface area contributed by atoms with Crippen LogP contribution in [0.3, 0.4) is 0 Å². The highest BCUT2D eigenvalue weighted by Crippen LogP contribution is 2.29. The number of halogens is 1. The summed E-state index contributed by atoms with van der Waals surface area (Å²) in [5.74, 6) is 0.0308. The Morgan fingerprint density at radius 3 is 2.78 bits per heavy atom. The van der Waals surface area contributed by atoms with Crippen molar-refractivity contribution in [1.29, 1.82) is 0 Å². The molecule has 0 aliphatic rings. The molecule has 1 aromatic carbocycles. The Hall–Kier alpha value is -1.07. The zero-order valence-electron chi connectivity index (χ0n) is 10.9. The average Bonchev–Trinajstić information content (AvgIpc) is 2.30. The van der Waals surface area contributed by atoms with Gasteiger partial charge in [-0.3, -0.25) is 4.79 Å². The number of rotatable bonds is 5. The van der Waals surface area contributed by atoms with E-state index in [9.17, 15) is 9.18 Å². The molecule has 0 saturated heterocycles. The molecule has 0 bridgehead atoms. The molecule has 0 spiro atoms. The van der Waals surface area contributed by atoms with Crippen molar-refractivity contribution in [2.45, 2.75) is 31.7 Å². The van der Waals surface area contributed by atoms with E-state index in [0.29, 0.717) is 17.9 Å². The number of hydrogen-bond donors (Lipinski definition) is 2. The number of thioether (sulfide) groups is 1. The smallest absolute Gasteiger partial charge is 0.230 e. The van der Waals surface area contributed by atoms with Gasteiger partial charge in [-0.05, 0) is 44.0 Å². The summed E-state index contributed by atoms with van der Waals surface area (Å²) in [5, 5.41) is 2.73. The Balaban J connectivity index is 2.86. The number of nitrogens with one attached hydrogen (secondary N) is 1. The van der Waals surface area contributed by atoms with Gasteiger partial charge in [0.2, 0.25) is 5.91 Å². The van der Waals surface area contributed by atoms with E-state index in [2.05, 4.69) is 5.32 Å². The van der Waals surface area contributed by atoms with Crippen LogP contribution in [0, 0.1) is 12.7 Å². The first-order chi connectivity index (χ1) is 8.45. The number of carbonyl (C=O) groups is 1. The largest absolute Gasteiger partial charge is 0.356 e. The molecular weight excluding hydrogens is 251 g/mol. The first kappa shape index (κ1) is 15.0. The Bertz CT molecular complexity index is 435. The maximum absolute atomic E-state index is 13.5. The van der Waals surface area contributed by atoms with Crippen molar-refractivity contribution in [3.63, 3.8) is 0 Å². The van der Waals surface area contributed by atoms with Gasteiger partial charge in [-0.25, -0.2) is 4.39 Å². The molecular formula is C13H19FN2OS. The van der Waals surface area contributed by atoms with Crippen LogP contribution in [-0.4, -0.2) is 18.2 Å². The lowest BCUT2D eigenvalue weighted by Gasteiger charge is -2.14. The lowest BCUT2D eigenvalue weighted by Crippen LogP contribution is -2.24. The molecule has 1 rings (SSSR count). The maximum Gasteiger partial charge on any atom is 0.230 e. The molecule has 0 unspecified atom stereocenters. The fraction of sp³-hybridized carbons (Fsp3) is 0.462. The second-order valence-electron chi connectivity index (χ2n) is 4.17. The quantitative estimate of drug-likeness (QED) is 0.808. The molecule has 0 aliphatic carbocycles. The molecule has 0 saturated carbocycles. The van der Waals surface area contributed by atoms with Crippen LogP contribution < -0.4 is 11.1 Å². The molecule has 0 fully saturated rings. The number of carbonyl (C=O) groups excluding carboxylic acids is 1. The molecule has 3 nitrogen and oxygen atoms in total. The normalized spacial score (nSPS) is 12.3. The van der Waals surface area contributed by atoms with E-state index in [4.69, 9.17) is 5.73 Å². The van der Waals surface area contributed by atoms with Gasteiger partial charge in [-0.15, -0.1) is 11.8 Å². The van der Waals surface area contributed by atoms with Gasteiger partial charge in [0.05, 0.1) is 5.75 Å². The monoisotopic (exact) mass is 270 g/mol. The summed E-state index contributed by atoms with van der Waals surface area (Å²) in [4.78, 5) is 12.3. The van der Waals surface area contributed by atoms with Gasteiger partial charge >= 0.3 is 0 Å². The van der Waals surface area contributed by atoms with E-state index in [1.54, 1.807) is 19.9 Å². The third-order valence-corrected chi connectivity index (χ3v) is 3.59. The van der Waals surface area contributed by atoms with Crippen molar-refractivity contribution < 1.29 is 9.18 Å². The van der Waals surface area contributed by atoms with Gasteiger partial charge < -0.3 is 11.1 Å². The van der Waals surface area contributed by atoms with Crippen molar-refractivity contribution in [2.24, 2.45) is 5.73 Å². The number of aryl methyl sites for hydroxylation is 1. The van der Waals surface area contributed by atoms with Gasteiger partial charge in [0.25, 0.3) is 0 Å². The lowest BCUT2D eigenvalue weighted by atomic mass is 10.1. The molecule has 0 heterocycles. The number of amides is 1. The van der Waals surface area contributed by atoms with Crippen LogP contribution in [0.1, 0.15) is 31.0 Å². The summed E-state index contributed by atoms with van der Waals surface area (Å²) in [7, 11) is 0. The van der Waals surface area contributed by atoms with E-state index in [1.807, 2.05) is 6.92 Å². The minimum atomic E-state index is -0.260. The third-order valence-electron chi connectivity index (χ3n) is 2.51. The Morgan fingerprint density at radius 1 is 1.56 bits per heavy atom. The Morgan fingerprint density at radius 2 is 2.22 bits per heavy atom. The summed E-state index contributed by atoms with van der Waals surface area (Å²) in [6.45, 7) is 6.00. The summed E-state index contributed by atoms with van der Waals surface area (Å²) in [6, 6.07) is 2.95. The predicted octanol–water partition coefficient (Wildman–Crippen LogP) is 2.38. The van der Waals surface area contributed by atoms with Crippen LogP contribution in [-0.2, 0) is 4.79 Å². The summed E-state index contributed by atoms with van der Waals surface area (Å²) < 4.78 is 13.5. The average molecular weight is 270 g/mol. The summed E-state index contributed by atoms with van der Waals surface area (Å²) >= 11 is 1.39. The Kier molecular flexibility index (Phi) is 5.62. The van der Waals surface area contributed by atoms with Gasteiger partial charge in [-0.2, -0.15) is 0 Å².